The van der Waals surface area contributed by atoms with Gasteiger partial charge in [-0.15, -0.1) is 0 Å². The highest BCUT2D eigenvalue weighted by Gasteiger charge is 2.23. The van der Waals surface area contributed by atoms with Crippen LogP contribution < -0.4 is 10.1 Å². The minimum atomic E-state index is -0.617. The van der Waals surface area contributed by atoms with Crippen LogP contribution in [0.25, 0.3) is 10.9 Å². The topological polar surface area (TPSA) is 76.1 Å². The number of hydrogen-bond acceptors (Lipinski definition) is 7. The predicted molar refractivity (Wildman–Crippen MR) is 145 cm³/mol. The van der Waals surface area contributed by atoms with Crippen molar-refractivity contribution < 1.29 is 19.3 Å². The fraction of sp³-hybridized carbons (Fsp3) is 0.367. The molecule has 37 heavy (non-hydrogen) atoms. The number of β-amino-alcohol motifs (C(OH)–C–C–N with tert-alkyl or cyclic N) is 1. The van der Waals surface area contributed by atoms with Crippen LogP contribution in [0.1, 0.15) is 37.4 Å². The summed E-state index contributed by atoms with van der Waals surface area (Å²) >= 11 is 0. The highest BCUT2D eigenvalue weighted by Crippen LogP contribution is 2.28. The minimum absolute atomic E-state index is 0.0303. The summed E-state index contributed by atoms with van der Waals surface area (Å²) in [5.74, 6) is 1.55. The second-order valence-corrected chi connectivity index (χ2v) is 9.66. The molecule has 1 aromatic heterocycles. The van der Waals surface area contributed by atoms with Gasteiger partial charge in [-0.1, -0.05) is 29.9 Å². The Bertz CT molecular complexity index is 1250. The fourth-order valence-corrected chi connectivity index (χ4v) is 5.12. The smallest absolute Gasteiger partial charge is 0.155 e. The van der Waals surface area contributed by atoms with Crippen LogP contribution >= 0.6 is 0 Å². The van der Waals surface area contributed by atoms with Crippen LogP contribution in [0, 0.1) is 0 Å². The maximum atomic E-state index is 11.2. The number of aliphatic hydroxyl groups is 1. The number of fused-ring (bicyclic) bond motifs is 1. The van der Waals surface area contributed by atoms with Gasteiger partial charge >= 0.3 is 0 Å². The first-order valence-electron chi connectivity index (χ1n) is 13.0. The van der Waals surface area contributed by atoms with Crippen LogP contribution in [0.5, 0.6) is 5.75 Å². The van der Waals surface area contributed by atoms with E-state index in [2.05, 4.69) is 39.5 Å². The molecule has 2 unspecified atom stereocenters. The normalized spacial score (nSPS) is 19.4. The zero-order valence-corrected chi connectivity index (χ0v) is 21.3. The Morgan fingerprint density at radius 3 is 2.95 bits per heavy atom. The van der Waals surface area contributed by atoms with E-state index in [1.807, 2.05) is 24.3 Å². The maximum Gasteiger partial charge on any atom is 0.155 e. The SMILES string of the molecule is COc1ccc2nccc(C(O)CN3CCC=C(CNC(CC4=CC=CCC4)C4=COC=CO4)C3)c2c1. The van der Waals surface area contributed by atoms with E-state index in [-0.39, 0.29) is 6.04 Å². The van der Waals surface area contributed by atoms with Crippen molar-refractivity contribution in [3.05, 3.63) is 96.0 Å². The molecule has 2 aliphatic heterocycles. The number of pyridine rings is 1. The lowest BCUT2D eigenvalue weighted by Gasteiger charge is -2.31. The average molecular weight is 502 g/mol. The first-order valence-corrected chi connectivity index (χ1v) is 13.0. The third-order valence-electron chi connectivity index (χ3n) is 7.09. The van der Waals surface area contributed by atoms with E-state index >= 15 is 0 Å². The van der Waals surface area contributed by atoms with Gasteiger partial charge in [0.05, 0.1) is 24.8 Å². The second-order valence-electron chi connectivity index (χ2n) is 9.66. The van der Waals surface area contributed by atoms with Crippen molar-refractivity contribution in [2.75, 3.05) is 33.3 Å². The third-order valence-corrected chi connectivity index (χ3v) is 7.09. The van der Waals surface area contributed by atoms with Crippen molar-refractivity contribution in [3.8, 4) is 5.75 Å². The molecule has 0 amide bonds. The zero-order chi connectivity index (χ0) is 25.5. The summed E-state index contributed by atoms with van der Waals surface area (Å²) < 4.78 is 16.5. The summed E-state index contributed by atoms with van der Waals surface area (Å²) in [5, 5.41) is 15.8. The molecule has 2 atom stereocenters. The van der Waals surface area contributed by atoms with Gasteiger partial charge in [0.1, 0.15) is 24.5 Å². The molecule has 0 saturated carbocycles. The summed E-state index contributed by atoms with van der Waals surface area (Å²) in [6, 6.07) is 7.71. The lowest BCUT2D eigenvalue weighted by molar-refractivity contribution is 0.117. The predicted octanol–water partition coefficient (Wildman–Crippen LogP) is 4.89. The van der Waals surface area contributed by atoms with E-state index in [1.165, 1.54) is 17.4 Å². The van der Waals surface area contributed by atoms with Crippen LogP contribution in [0.2, 0.25) is 0 Å². The Morgan fingerprint density at radius 2 is 2.14 bits per heavy atom. The first-order chi connectivity index (χ1) is 18.2. The van der Waals surface area contributed by atoms with Gasteiger partial charge in [0.15, 0.2) is 5.76 Å². The molecule has 2 N–H and O–H groups in total. The van der Waals surface area contributed by atoms with E-state index in [4.69, 9.17) is 14.2 Å². The van der Waals surface area contributed by atoms with Crippen molar-refractivity contribution in [1.29, 1.82) is 0 Å². The van der Waals surface area contributed by atoms with Gasteiger partial charge < -0.3 is 24.6 Å². The molecule has 0 bridgehead atoms. The van der Waals surface area contributed by atoms with Crippen LogP contribution in [0.4, 0.5) is 0 Å². The molecule has 0 fully saturated rings. The van der Waals surface area contributed by atoms with Crippen molar-refractivity contribution in [3.63, 3.8) is 0 Å². The van der Waals surface area contributed by atoms with E-state index in [9.17, 15) is 5.11 Å². The van der Waals surface area contributed by atoms with E-state index in [0.717, 1.165) is 73.3 Å². The highest BCUT2D eigenvalue weighted by molar-refractivity contribution is 5.83. The summed E-state index contributed by atoms with van der Waals surface area (Å²) in [7, 11) is 1.65. The summed E-state index contributed by atoms with van der Waals surface area (Å²) in [4.78, 5) is 6.77. The van der Waals surface area contributed by atoms with Crippen molar-refractivity contribution in [2.45, 2.75) is 37.8 Å². The molecule has 0 radical (unpaired) electrons. The molecule has 7 heteroatoms. The largest absolute Gasteiger partial charge is 0.497 e. The maximum absolute atomic E-state index is 11.2. The third kappa shape index (κ3) is 6.49. The highest BCUT2D eigenvalue weighted by atomic mass is 16.5. The van der Waals surface area contributed by atoms with Crippen LogP contribution in [0.15, 0.2) is 90.5 Å². The molecule has 3 aliphatic rings. The van der Waals surface area contributed by atoms with E-state index in [0.29, 0.717) is 6.54 Å². The number of benzene rings is 1. The van der Waals surface area contributed by atoms with Gasteiger partial charge in [-0.3, -0.25) is 9.88 Å². The van der Waals surface area contributed by atoms with E-state index < -0.39 is 6.10 Å². The molecular weight excluding hydrogens is 466 g/mol. The standard InChI is InChI=1S/C30H35N3O4/c1-35-24-9-10-27-26(17-24)25(11-12-31-27)29(34)20-33-13-5-8-23(19-33)18-32-28(30-21-36-14-15-37-30)16-22-6-3-2-4-7-22/h2-3,6,8-12,14-15,17,21,28-29,32,34H,4-5,7,13,16,18-20H2,1H3. The number of rotatable bonds is 10. The van der Waals surface area contributed by atoms with Gasteiger partial charge in [0.2, 0.25) is 0 Å². The number of aromatic nitrogens is 1. The van der Waals surface area contributed by atoms with Crippen LogP contribution in [-0.2, 0) is 9.47 Å². The second kappa shape index (κ2) is 12.2. The number of hydrogen-bond donors (Lipinski definition) is 2. The van der Waals surface area contributed by atoms with Gasteiger partial charge in [-0.2, -0.15) is 0 Å². The summed E-state index contributed by atoms with van der Waals surface area (Å²) in [6.07, 6.45) is 18.8. The Morgan fingerprint density at radius 1 is 1.19 bits per heavy atom. The molecule has 1 aromatic carbocycles. The Hall–Kier alpha value is -3.39. The lowest BCUT2D eigenvalue weighted by Crippen LogP contribution is -2.39. The zero-order valence-electron chi connectivity index (χ0n) is 21.3. The van der Waals surface area contributed by atoms with Crippen LogP contribution in [-0.4, -0.2) is 54.3 Å². The molecular formula is C30H35N3O4. The molecule has 1 aliphatic carbocycles. The summed E-state index contributed by atoms with van der Waals surface area (Å²) in [5.41, 5.74) is 4.45. The average Bonchev–Trinajstić information content (AvgIpc) is 2.95. The monoisotopic (exact) mass is 501 g/mol. The summed E-state index contributed by atoms with van der Waals surface area (Å²) in [6.45, 7) is 3.04. The Kier molecular flexibility index (Phi) is 8.35. The Balaban J connectivity index is 1.21. The molecule has 5 rings (SSSR count). The van der Waals surface area contributed by atoms with Crippen molar-refractivity contribution in [1.82, 2.24) is 15.2 Å². The minimum Gasteiger partial charge on any atom is -0.497 e. The lowest BCUT2D eigenvalue weighted by atomic mass is 9.96. The number of aliphatic hydroxyl groups excluding tert-OH is 1. The molecule has 2 aromatic rings. The molecule has 0 spiro atoms. The van der Waals surface area contributed by atoms with E-state index in [1.54, 1.807) is 25.8 Å². The molecule has 7 nitrogen and oxygen atoms in total. The van der Waals surface area contributed by atoms with Gasteiger partial charge in [-0.25, -0.2) is 0 Å². The quantitative estimate of drug-likeness (QED) is 0.449. The van der Waals surface area contributed by atoms with Gasteiger partial charge in [-0.05, 0) is 61.1 Å². The fourth-order valence-electron chi connectivity index (χ4n) is 5.12. The van der Waals surface area contributed by atoms with Gasteiger partial charge in [0, 0.05) is 37.8 Å². The van der Waals surface area contributed by atoms with Crippen LogP contribution in [0.3, 0.4) is 0 Å². The molecule has 0 saturated heterocycles. The van der Waals surface area contributed by atoms with Crippen molar-refractivity contribution in [2.24, 2.45) is 0 Å². The number of nitrogens with zero attached hydrogens (tertiary/aromatic N) is 2. The van der Waals surface area contributed by atoms with Crippen molar-refractivity contribution >= 4 is 10.9 Å². The number of nitrogens with one attached hydrogen (secondary N) is 1. The number of allylic oxidation sites excluding steroid dienone is 3. The van der Waals surface area contributed by atoms with Gasteiger partial charge in [0.25, 0.3) is 0 Å². The number of ether oxygens (including phenoxy) is 3. The molecule has 3 heterocycles. The Labute approximate surface area is 218 Å². The molecule has 194 valence electrons. The number of methoxy groups -OCH3 is 1. The first kappa shape index (κ1) is 25.3.